The fraction of sp³-hybridized carbons (Fsp3) is 0.182. The minimum atomic E-state index is -3.42. The van der Waals surface area contributed by atoms with Crippen LogP contribution in [0, 0.1) is 0 Å². The second-order valence-electron chi connectivity index (χ2n) is 6.50. The molecule has 28 heavy (non-hydrogen) atoms. The maximum atomic E-state index is 12.1. The van der Waals surface area contributed by atoms with Crippen molar-refractivity contribution in [1.82, 2.24) is 4.72 Å². The van der Waals surface area contributed by atoms with Gasteiger partial charge >= 0.3 is 0 Å². The summed E-state index contributed by atoms with van der Waals surface area (Å²) in [7, 11) is -1.82. The van der Waals surface area contributed by atoms with Gasteiger partial charge in [0.25, 0.3) is 0 Å². The maximum Gasteiger partial charge on any atom is 0.209 e. The molecule has 0 bridgehead atoms. The quantitative estimate of drug-likeness (QED) is 0.622. The molecule has 3 aromatic carbocycles. The molecular weight excluding hydrogens is 372 g/mol. The van der Waals surface area contributed by atoms with E-state index in [1.807, 2.05) is 84.9 Å². The van der Waals surface area contributed by atoms with Gasteiger partial charge in [0.15, 0.2) is 0 Å². The third kappa shape index (κ3) is 5.34. The van der Waals surface area contributed by atoms with Crippen LogP contribution in [-0.4, -0.2) is 28.3 Å². The molecule has 146 valence electrons. The SMILES string of the molecule is COc1cccc(C(CN(c2ccccc2)c2ccccc2)NS(C)(=O)=O)c1. The Labute approximate surface area is 166 Å². The van der Waals surface area contributed by atoms with Gasteiger partial charge in [0.1, 0.15) is 5.75 Å². The molecule has 0 amide bonds. The molecule has 3 rings (SSSR count). The molecule has 0 heterocycles. The first kappa shape index (κ1) is 19.9. The van der Waals surface area contributed by atoms with Crippen molar-refractivity contribution in [1.29, 1.82) is 0 Å². The number of hydrogen-bond acceptors (Lipinski definition) is 4. The fourth-order valence-corrected chi connectivity index (χ4v) is 3.81. The topological polar surface area (TPSA) is 58.6 Å². The summed E-state index contributed by atoms with van der Waals surface area (Å²) < 4.78 is 32.2. The molecule has 0 aliphatic heterocycles. The van der Waals surface area contributed by atoms with Crippen LogP contribution in [0.2, 0.25) is 0 Å². The van der Waals surface area contributed by atoms with Crippen molar-refractivity contribution < 1.29 is 13.2 Å². The number of nitrogens with zero attached hydrogens (tertiary/aromatic N) is 1. The van der Waals surface area contributed by atoms with Crippen LogP contribution < -0.4 is 14.4 Å². The lowest BCUT2D eigenvalue weighted by Gasteiger charge is -2.30. The van der Waals surface area contributed by atoms with Gasteiger partial charge in [0.2, 0.25) is 10.0 Å². The van der Waals surface area contributed by atoms with Crippen molar-refractivity contribution in [3.8, 4) is 5.75 Å². The van der Waals surface area contributed by atoms with E-state index in [1.54, 1.807) is 7.11 Å². The fourth-order valence-electron chi connectivity index (χ4n) is 3.09. The first-order chi connectivity index (χ1) is 13.5. The highest BCUT2D eigenvalue weighted by atomic mass is 32.2. The number of rotatable bonds is 8. The minimum absolute atomic E-state index is 0.425. The summed E-state index contributed by atoms with van der Waals surface area (Å²) in [6.07, 6.45) is 1.18. The van der Waals surface area contributed by atoms with E-state index in [4.69, 9.17) is 4.74 Å². The Bertz CT molecular complexity index is 953. The molecule has 3 aromatic rings. The Morgan fingerprint density at radius 3 is 1.96 bits per heavy atom. The van der Waals surface area contributed by atoms with Crippen LogP contribution >= 0.6 is 0 Å². The first-order valence-electron chi connectivity index (χ1n) is 8.95. The normalized spacial score (nSPS) is 12.4. The minimum Gasteiger partial charge on any atom is -0.497 e. The predicted molar refractivity (Wildman–Crippen MR) is 114 cm³/mol. The smallest absolute Gasteiger partial charge is 0.209 e. The summed E-state index contributed by atoms with van der Waals surface area (Å²) in [6, 6.07) is 26.8. The van der Waals surface area contributed by atoms with Crippen LogP contribution in [0.1, 0.15) is 11.6 Å². The summed E-state index contributed by atoms with van der Waals surface area (Å²) in [4.78, 5) is 2.10. The van der Waals surface area contributed by atoms with Gasteiger partial charge in [-0.25, -0.2) is 13.1 Å². The Hall–Kier alpha value is -2.83. The zero-order chi connectivity index (χ0) is 20.0. The highest BCUT2D eigenvalue weighted by molar-refractivity contribution is 7.88. The highest BCUT2D eigenvalue weighted by Crippen LogP contribution is 2.29. The molecule has 5 nitrogen and oxygen atoms in total. The van der Waals surface area contributed by atoms with E-state index in [-0.39, 0.29) is 0 Å². The number of sulfonamides is 1. The summed E-state index contributed by atoms with van der Waals surface area (Å²) in [5.41, 5.74) is 2.80. The van der Waals surface area contributed by atoms with Gasteiger partial charge in [-0.3, -0.25) is 0 Å². The van der Waals surface area contributed by atoms with Gasteiger partial charge in [-0.1, -0.05) is 48.5 Å². The van der Waals surface area contributed by atoms with E-state index in [2.05, 4.69) is 9.62 Å². The largest absolute Gasteiger partial charge is 0.497 e. The molecule has 1 unspecified atom stereocenters. The molecule has 0 aliphatic carbocycles. The maximum absolute atomic E-state index is 12.1. The predicted octanol–water partition coefficient (Wildman–Crippen LogP) is 4.12. The van der Waals surface area contributed by atoms with E-state index in [0.717, 1.165) is 16.9 Å². The molecule has 0 aromatic heterocycles. The molecule has 1 N–H and O–H groups in total. The Morgan fingerprint density at radius 1 is 0.893 bits per heavy atom. The van der Waals surface area contributed by atoms with Crippen LogP contribution in [0.5, 0.6) is 5.75 Å². The van der Waals surface area contributed by atoms with E-state index < -0.39 is 16.1 Å². The van der Waals surface area contributed by atoms with Gasteiger partial charge in [-0.15, -0.1) is 0 Å². The molecule has 0 radical (unpaired) electrons. The molecule has 6 heteroatoms. The van der Waals surface area contributed by atoms with E-state index in [1.165, 1.54) is 6.26 Å². The zero-order valence-corrected chi connectivity index (χ0v) is 16.8. The number of benzene rings is 3. The van der Waals surface area contributed by atoms with Crippen LogP contribution in [0.25, 0.3) is 0 Å². The van der Waals surface area contributed by atoms with E-state index in [0.29, 0.717) is 12.3 Å². The number of methoxy groups -OCH3 is 1. The first-order valence-corrected chi connectivity index (χ1v) is 10.8. The zero-order valence-electron chi connectivity index (χ0n) is 15.9. The van der Waals surface area contributed by atoms with Crippen molar-refractivity contribution in [2.75, 3.05) is 24.8 Å². The average molecular weight is 397 g/mol. The van der Waals surface area contributed by atoms with Crippen LogP contribution in [-0.2, 0) is 10.0 Å². The standard InChI is InChI=1S/C22H24N2O3S/c1-27-21-15-9-10-18(16-21)22(23-28(2,25)26)17-24(19-11-5-3-6-12-19)20-13-7-4-8-14-20/h3-16,22-23H,17H2,1-2H3. The third-order valence-electron chi connectivity index (χ3n) is 4.35. The van der Waals surface area contributed by atoms with Crippen molar-refractivity contribution in [3.05, 3.63) is 90.5 Å². The number of hydrogen-bond donors (Lipinski definition) is 1. The monoisotopic (exact) mass is 396 g/mol. The summed E-state index contributed by atoms with van der Waals surface area (Å²) in [5.74, 6) is 0.684. The lowest BCUT2D eigenvalue weighted by Crippen LogP contribution is -2.35. The van der Waals surface area contributed by atoms with Crippen molar-refractivity contribution in [2.24, 2.45) is 0 Å². The lowest BCUT2D eigenvalue weighted by atomic mass is 10.1. The molecule has 0 saturated heterocycles. The van der Waals surface area contributed by atoms with Gasteiger partial charge in [-0.05, 0) is 42.0 Å². The van der Waals surface area contributed by atoms with Crippen molar-refractivity contribution in [2.45, 2.75) is 6.04 Å². The Kier molecular flexibility index (Phi) is 6.34. The van der Waals surface area contributed by atoms with Crippen LogP contribution in [0.15, 0.2) is 84.9 Å². The van der Waals surface area contributed by atoms with E-state index >= 15 is 0 Å². The Morgan fingerprint density at radius 2 is 1.46 bits per heavy atom. The van der Waals surface area contributed by atoms with E-state index in [9.17, 15) is 8.42 Å². The van der Waals surface area contributed by atoms with Gasteiger partial charge in [-0.2, -0.15) is 0 Å². The van der Waals surface area contributed by atoms with Crippen LogP contribution in [0.4, 0.5) is 11.4 Å². The molecule has 1 atom stereocenters. The van der Waals surface area contributed by atoms with Crippen molar-refractivity contribution >= 4 is 21.4 Å². The summed E-state index contributed by atoms with van der Waals surface area (Å²) >= 11 is 0. The second kappa shape index (κ2) is 8.91. The average Bonchev–Trinajstić information content (AvgIpc) is 2.71. The molecule has 0 saturated carbocycles. The summed E-state index contributed by atoms with van der Waals surface area (Å²) in [6.45, 7) is 0.425. The number of nitrogens with one attached hydrogen (secondary N) is 1. The van der Waals surface area contributed by atoms with Gasteiger partial charge in [0.05, 0.1) is 19.4 Å². The molecular formula is C22H24N2O3S. The van der Waals surface area contributed by atoms with Gasteiger partial charge in [0, 0.05) is 17.9 Å². The van der Waals surface area contributed by atoms with Gasteiger partial charge < -0.3 is 9.64 Å². The summed E-state index contributed by atoms with van der Waals surface area (Å²) in [5, 5.41) is 0. The van der Waals surface area contributed by atoms with Crippen LogP contribution in [0.3, 0.4) is 0 Å². The molecule has 0 fully saturated rings. The second-order valence-corrected chi connectivity index (χ2v) is 8.28. The molecule has 0 spiro atoms. The third-order valence-corrected chi connectivity index (χ3v) is 5.07. The van der Waals surface area contributed by atoms with Crippen molar-refractivity contribution in [3.63, 3.8) is 0 Å². The Balaban J connectivity index is 2.02. The highest BCUT2D eigenvalue weighted by Gasteiger charge is 2.21. The number of ether oxygens (including phenoxy) is 1. The number of para-hydroxylation sites is 2. The molecule has 0 aliphatic rings. The number of anilines is 2. The lowest BCUT2D eigenvalue weighted by molar-refractivity contribution is 0.413.